The molecule has 0 aliphatic heterocycles. The Labute approximate surface area is 78.4 Å². The molecule has 70 valence electrons. The summed E-state index contributed by atoms with van der Waals surface area (Å²) >= 11 is 0. The molecule has 13 heavy (non-hydrogen) atoms. The lowest BCUT2D eigenvalue weighted by Crippen LogP contribution is -2.19. The predicted octanol–water partition coefficient (Wildman–Crippen LogP) is 1.96. The second kappa shape index (κ2) is 2.48. The minimum Gasteiger partial charge on any atom is -0.507 e. The molecule has 1 aliphatic rings. The first-order valence-electron chi connectivity index (χ1n) is 4.63. The Morgan fingerprint density at radius 3 is 2.46 bits per heavy atom. The molecule has 0 radical (unpaired) electrons. The van der Waals surface area contributed by atoms with E-state index in [1.54, 1.807) is 0 Å². The number of phenols is 1. The zero-order valence-electron chi connectivity index (χ0n) is 8.09. The van der Waals surface area contributed by atoms with Crippen molar-refractivity contribution in [3.8, 4) is 5.75 Å². The largest absolute Gasteiger partial charge is 0.507 e. The molecular weight excluding hydrogens is 162 g/mol. The van der Waals surface area contributed by atoms with Crippen molar-refractivity contribution in [3.63, 3.8) is 0 Å². The van der Waals surface area contributed by atoms with Gasteiger partial charge in [-0.05, 0) is 37.8 Å². The van der Waals surface area contributed by atoms with Crippen LogP contribution in [-0.2, 0) is 5.54 Å². The number of aromatic hydroxyl groups is 1. The molecular formula is C11H15NO. The van der Waals surface area contributed by atoms with E-state index in [0.717, 1.165) is 29.5 Å². The van der Waals surface area contributed by atoms with E-state index in [-0.39, 0.29) is 5.54 Å². The predicted molar refractivity (Wildman–Crippen MR) is 52.7 cm³/mol. The molecule has 0 spiro atoms. The number of aryl methyl sites for hydroxylation is 1. The van der Waals surface area contributed by atoms with Gasteiger partial charge in [-0.25, -0.2) is 0 Å². The molecule has 1 saturated carbocycles. The van der Waals surface area contributed by atoms with Crippen LogP contribution in [0.25, 0.3) is 0 Å². The fourth-order valence-corrected chi connectivity index (χ4v) is 1.61. The first-order chi connectivity index (χ1) is 6.04. The minimum absolute atomic E-state index is 0.234. The van der Waals surface area contributed by atoms with E-state index < -0.39 is 0 Å². The third-order valence-corrected chi connectivity index (χ3v) is 3.03. The summed E-state index contributed by atoms with van der Waals surface area (Å²) in [6.45, 7) is 3.93. The second-order valence-electron chi connectivity index (χ2n) is 4.06. The van der Waals surface area contributed by atoms with Gasteiger partial charge in [-0.1, -0.05) is 12.1 Å². The summed E-state index contributed by atoms with van der Waals surface area (Å²) in [5, 5.41) is 9.87. The third-order valence-electron chi connectivity index (χ3n) is 3.03. The summed E-state index contributed by atoms with van der Waals surface area (Å²) in [6.07, 6.45) is 1.98. The first kappa shape index (κ1) is 8.57. The number of nitrogens with two attached hydrogens (primary N) is 1. The SMILES string of the molecule is Cc1ccc(C2(N)CC2)c(O)c1C. The average molecular weight is 177 g/mol. The van der Waals surface area contributed by atoms with Crippen molar-refractivity contribution in [2.75, 3.05) is 0 Å². The van der Waals surface area contributed by atoms with Crippen LogP contribution in [0.4, 0.5) is 0 Å². The number of rotatable bonds is 1. The van der Waals surface area contributed by atoms with Gasteiger partial charge in [0.2, 0.25) is 0 Å². The van der Waals surface area contributed by atoms with Crippen molar-refractivity contribution in [2.24, 2.45) is 5.73 Å². The lowest BCUT2D eigenvalue weighted by atomic mass is 9.98. The van der Waals surface area contributed by atoms with E-state index in [1.807, 2.05) is 26.0 Å². The Balaban J connectivity index is 2.54. The van der Waals surface area contributed by atoms with Gasteiger partial charge < -0.3 is 10.8 Å². The van der Waals surface area contributed by atoms with Crippen molar-refractivity contribution in [1.29, 1.82) is 0 Å². The highest BCUT2D eigenvalue weighted by Crippen LogP contribution is 2.47. The van der Waals surface area contributed by atoms with Gasteiger partial charge in [-0.15, -0.1) is 0 Å². The van der Waals surface area contributed by atoms with Crippen molar-refractivity contribution in [2.45, 2.75) is 32.2 Å². The van der Waals surface area contributed by atoms with Crippen LogP contribution in [0.1, 0.15) is 29.5 Å². The van der Waals surface area contributed by atoms with Crippen LogP contribution >= 0.6 is 0 Å². The zero-order valence-corrected chi connectivity index (χ0v) is 8.09. The molecule has 1 fully saturated rings. The lowest BCUT2D eigenvalue weighted by molar-refractivity contribution is 0.455. The summed E-state index contributed by atoms with van der Waals surface area (Å²) in [5.74, 6) is 0.389. The molecule has 0 amide bonds. The Hall–Kier alpha value is -1.02. The monoisotopic (exact) mass is 177 g/mol. The highest BCUT2D eigenvalue weighted by atomic mass is 16.3. The molecule has 0 saturated heterocycles. The van der Waals surface area contributed by atoms with Gasteiger partial charge in [0.15, 0.2) is 0 Å². The van der Waals surface area contributed by atoms with Crippen molar-refractivity contribution < 1.29 is 5.11 Å². The van der Waals surface area contributed by atoms with Crippen LogP contribution in [0.15, 0.2) is 12.1 Å². The van der Waals surface area contributed by atoms with Crippen molar-refractivity contribution in [3.05, 3.63) is 28.8 Å². The fourth-order valence-electron chi connectivity index (χ4n) is 1.61. The number of hydrogen-bond donors (Lipinski definition) is 2. The highest BCUT2D eigenvalue weighted by Gasteiger charge is 2.42. The minimum atomic E-state index is -0.234. The van der Waals surface area contributed by atoms with Gasteiger partial charge >= 0.3 is 0 Å². The third kappa shape index (κ3) is 1.22. The number of hydrogen-bond acceptors (Lipinski definition) is 2. The summed E-state index contributed by atoms with van der Waals surface area (Å²) in [4.78, 5) is 0. The maximum absolute atomic E-state index is 9.87. The van der Waals surface area contributed by atoms with Gasteiger partial charge in [-0.2, -0.15) is 0 Å². The quantitative estimate of drug-likeness (QED) is 0.688. The zero-order chi connectivity index (χ0) is 9.64. The molecule has 0 atom stereocenters. The molecule has 0 unspecified atom stereocenters. The lowest BCUT2D eigenvalue weighted by Gasteiger charge is -2.14. The Bertz CT molecular complexity index is 353. The normalized spacial score (nSPS) is 18.7. The van der Waals surface area contributed by atoms with Crippen molar-refractivity contribution in [1.82, 2.24) is 0 Å². The molecule has 2 heteroatoms. The Kier molecular flexibility index (Phi) is 1.64. The van der Waals surface area contributed by atoms with Crippen LogP contribution in [0.2, 0.25) is 0 Å². The van der Waals surface area contributed by atoms with E-state index >= 15 is 0 Å². The maximum Gasteiger partial charge on any atom is 0.123 e. The molecule has 0 aromatic heterocycles. The number of phenolic OH excluding ortho intramolecular Hbond substituents is 1. The van der Waals surface area contributed by atoms with Gasteiger partial charge in [0, 0.05) is 11.1 Å². The van der Waals surface area contributed by atoms with E-state index in [2.05, 4.69) is 0 Å². The van der Waals surface area contributed by atoms with Gasteiger partial charge in [0.05, 0.1) is 0 Å². The van der Waals surface area contributed by atoms with E-state index in [4.69, 9.17) is 5.73 Å². The Morgan fingerprint density at radius 2 is 1.92 bits per heavy atom. The molecule has 2 rings (SSSR count). The summed E-state index contributed by atoms with van der Waals surface area (Å²) < 4.78 is 0. The van der Waals surface area contributed by atoms with E-state index in [9.17, 15) is 5.11 Å². The fraction of sp³-hybridized carbons (Fsp3) is 0.455. The average Bonchev–Trinajstić information content (AvgIpc) is 2.80. The van der Waals surface area contributed by atoms with Crippen LogP contribution in [0.5, 0.6) is 5.75 Å². The molecule has 2 nitrogen and oxygen atoms in total. The summed E-state index contributed by atoms with van der Waals surface area (Å²) in [6, 6.07) is 3.97. The van der Waals surface area contributed by atoms with Gasteiger partial charge in [0.25, 0.3) is 0 Å². The van der Waals surface area contributed by atoms with Gasteiger partial charge in [0.1, 0.15) is 5.75 Å². The van der Waals surface area contributed by atoms with Crippen LogP contribution < -0.4 is 5.73 Å². The summed E-state index contributed by atoms with van der Waals surface area (Å²) in [5.41, 5.74) is 8.78. The van der Waals surface area contributed by atoms with E-state index in [0.29, 0.717) is 5.75 Å². The first-order valence-corrected chi connectivity index (χ1v) is 4.63. The van der Waals surface area contributed by atoms with Gasteiger partial charge in [-0.3, -0.25) is 0 Å². The Morgan fingerprint density at radius 1 is 1.31 bits per heavy atom. The molecule has 0 bridgehead atoms. The molecule has 0 heterocycles. The summed E-state index contributed by atoms with van der Waals surface area (Å²) in [7, 11) is 0. The van der Waals surface area contributed by atoms with E-state index in [1.165, 1.54) is 0 Å². The maximum atomic E-state index is 9.87. The smallest absolute Gasteiger partial charge is 0.123 e. The number of benzene rings is 1. The standard InChI is InChI=1S/C11H15NO/c1-7-3-4-9(10(13)8(7)2)11(12)5-6-11/h3-4,13H,5-6,12H2,1-2H3. The van der Waals surface area contributed by atoms with Crippen molar-refractivity contribution >= 4 is 0 Å². The molecule has 3 N–H and O–H groups in total. The molecule has 1 aromatic rings. The van der Waals surface area contributed by atoms with Crippen LogP contribution in [-0.4, -0.2) is 5.11 Å². The second-order valence-corrected chi connectivity index (χ2v) is 4.06. The topological polar surface area (TPSA) is 46.2 Å². The molecule has 1 aliphatic carbocycles. The van der Waals surface area contributed by atoms with Crippen LogP contribution in [0.3, 0.4) is 0 Å². The van der Waals surface area contributed by atoms with Crippen LogP contribution in [0, 0.1) is 13.8 Å². The highest BCUT2D eigenvalue weighted by molar-refractivity contribution is 5.49. The molecule has 1 aromatic carbocycles.